The molecule has 5 atom stereocenters. The summed E-state index contributed by atoms with van der Waals surface area (Å²) in [6.45, 7) is 1.66. The second-order valence-corrected chi connectivity index (χ2v) is 12.1. The Morgan fingerprint density at radius 1 is 0.870 bits per heavy atom. The Hall–Kier alpha value is -4.35. The molecule has 0 aliphatic heterocycles. The molecule has 1 aliphatic rings. The van der Waals surface area contributed by atoms with Gasteiger partial charge in [0, 0.05) is 27.4 Å². The van der Waals surface area contributed by atoms with Gasteiger partial charge in [0.05, 0.1) is 32.8 Å². The van der Waals surface area contributed by atoms with Crippen molar-refractivity contribution in [3.63, 3.8) is 0 Å². The summed E-state index contributed by atoms with van der Waals surface area (Å²) >= 11 is 12.5. The highest BCUT2D eigenvalue weighted by Gasteiger charge is 2.67. The number of Topliss-reactive ketones (excluding diaryl/α,β-unsaturated/α-hetero) is 1. The maximum atomic E-state index is 14.9. The number of ether oxygens (including phenoxy) is 3. The lowest BCUT2D eigenvalue weighted by molar-refractivity contribution is -0.164. The van der Waals surface area contributed by atoms with E-state index in [9.17, 15) is 20.0 Å². The quantitative estimate of drug-likeness (QED) is 0.145. The number of ketones is 1. The Labute approximate surface area is 278 Å². The molecule has 4 aromatic carbocycles. The molecule has 1 aliphatic carbocycles. The number of hydrogen-bond acceptors (Lipinski definition) is 7. The highest BCUT2D eigenvalue weighted by molar-refractivity contribution is 6.31. The SMILES string of the molecule is CCOC(=O)[C@@]1(C#N)[C@H](c2cccc(OC)c2)[C@H](C(=O)c2ccc(Cl)cc2)[C@@](O)(c2ccc(Cl)cc2)C[C@H]1c1cccc(OC)c1. The van der Waals surface area contributed by atoms with Crippen LogP contribution in [-0.2, 0) is 15.1 Å². The zero-order chi connectivity index (χ0) is 33.1. The van der Waals surface area contributed by atoms with Crippen LogP contribution >= 0.6 is 23.2 Å². The van der Waals surface area contributed by atoms with E-state index in [1.165, 1.54) is 14.2 Å². The zero-order valence-electron chi connectivity index (χ0n) is 25.6. The molecule has 0 spiro atoms. The molecular weight excluding hydrogens is 625 g/mol. The fraction of sp³-hybridized carbons (Fsp3) is 0.270. The number of hydrogen-bond donors (Lipinski definition) is 1. The van der Waals surface area contributed by atoms with Crippen LogP contribution in [0.4, 0.5) is 0 Å². The lowest BCUT2D eigenvalue weighted by Crippen LogP contribution is -2.59. The van der Waals surface area contributed by atoms with Crippen molar-refractivity contribution in [3.8, 4) is 17.6 Å². The van der Waals surface area contributed by atoms with Gasteiger partial charge in [-0.25, -0.2) is 0 Å². The van der Waals surface area contributed by atoms with Gasteiger partial charge in [-0.15, -0.1) is 0 Å². The molecule has 236 valence electrons. The summed E-state index contributed by atoms with van der Waals surface area (Å²) < 4.78 is 16.7. The molecule has 1 fully saturated rings. The number of methoxy groups -OCH3 is 2. The van der Waals surface area contributed by atoms with Crippen molar-refractivity contribution >= 4 is 35.0 Å². The van der Waals surface area contributed by atoms with Crippen LogP contribution in [0.3, 0.4) is 0 Å². The number of nitrogens with zero attached hydrogens (tertiary/aromatic N) is 1. The summed E-state index contributed by atoms with van der Waals surface area (Å²) in [6, 6.07) is 29.2. The maximum absolute atomic E-state index is 14.9. The highest BCUT2D eigenvalue weighted by Crippen LogP contribution is 2.64. The summed E-state index contributed by atoms with van der Waals surface area (Å²) in [5, 5.41) is 25.3. The van der Waals surface area contributed by atoms with Crippen molar-refractivity contribution in [2.75, 3.05) is 20.8 Å². The van der Waals surface area contributed by atoms with E-state index in [-0.39, 0.29) is 18.6 Å². The largest absolute Gasteiger partial charge is 0.497 e. The van der Waals surface area contributed by atoms with E-state index in [0.717, 1.165) is 0 Å². The van der Waals surface area contributed by atoms with Gasteiger partial charge in [0.1, 0.15) is 17.1 Å². The third-order valence-electron chi connectivity index (χ3n) is 8.91. The van der Waals surface area contributed by atoms with Crippen molar-refractivity contribution in [1.82, 2.24) is 0 Å². The third kappa shape index (κ3) is 5.85. The van der Waals surface area contributed by atoms with Crippen molar-refractivity contribution in [2.45, 2.75) is 30.8 Å². The number of esters is 1. The fourth-order valence-corrected chi connectivity index (χ4v) is 7.05. The lowest BCUT2D eigenvalue weighted by atomic mass is 9.47. The Balaban J connectivity index is 1.92. The van der Waals surface area contributed by atoms with E-state index in [1.54, 1.807) is 104 Å². The third-order valence-corrected chi connectivity index (χ3v) is 9.41. The number of rotatable bonds is 9. The molecule has 0 heterocycles. The first-order chi connectivity index (χ1) is 22.1. The molecule has 0 saturated heterocycles. The van der Waals surface area contributed by atoms with Crippen molar-refractivity contribution in [1.29, 1.82) is 5.26 Å². The number of halogens is 2. The molecule has 5 rings (SSSR count). The Morgan fingerprint density at radius 3 is 1.96 bits per heavy atom. The van der Waals surface area contributed by atoms with Crippen LogP contribution in [0.15, 0.2) is 97.1 Å². The number of aliphatic hydroxyl groups is 1. The smallest absolute Gasteiger partial charge is 0.327 e. The van der Waals surface area contributed by atoms with Gasteiger partial charge in [-0.05, 0) is 90.7 Å². The van der Waals surface area contributed by atoms with Gasteiger partial charge in [0.25, 0.3) is 0 Å². The molecule has 9 heteroatoms. The van der Waals surface area contributed by atoms with E-state index < -0.39 is 40.5 Å². The van der Waals surface area contributed by atoms with Crippen LogP contribution in [0.1, 0.15) is 52.2 Å². The Morgan fingerprint density at radius 2 is 1.41 bits per heavy atom. The Kier molecular flexibility index (Phi) is 9.74. The topological polar surface area (TPSA) is 106 Å². The maximum Gasteiger partial charge on any atom is 0.327 e. The van der Waals surface area contributed by atoms with E-state index in [4.69, 9.17) is 37.4 Å². The number of carbonyl (C=O) groups is 2. The molecule has 4 aromatic rings. The summed E-state index contributed by atoms with van der Waals surface area (Å²) in [5.74, 6) is -3.86. The average Bonchev–Trinajstić information content (AvgIpc) is 3.08. The Bertz CT molecular complexity index is 1770. The van der Waals surface area contributed by atoms with Crippen molar-refractivity contribution < 1.29 is 28.9 Å². The molecule has 0 unspecified atom stereocenters. The van der Waals surface area contributed by atoms with Crippen LogP contribution in [0.25, 0.3) is 0 Å². The molecular formula is C37H33Cl2NO6. The van der Waals surface area contributed by atoms with Gasteiger partial charge in [0.2, 0.25) is 0 Å². The van der Waals surface area contributed by atoms with E-state index in [2.05, 4.69) is 6.07 Å². The molecule has 0 bridgehead atoms. The minimum absolute atomic E-state index is 0.00479. The van der Waals surface area contributed by atoms with E-state index in [0.29, 0.717) is 38.2 Å². The van der Waals surface area contributed by atoms with Crippen LogP contribution in [0.2, 0.25) is 10.0 Å². The first kappa shape index (κ1) is 33.0. The molecule has 7 nitrogen and oxygen atoms in total. The highest BCUT2D eigenvalue weighted by atomic mass is 35.5. The van der Waals surface area contributed by atoms with Gasteiger partial charge >= 0.3 is 5.97 Å². The van der Waals surface area contributed by atoms with Gasteiger partial charge in [-0.2, -0.15) is 5.26 Å². The average molecular weight is 659 g/mol. The first-order valence-electron chi connectivity index (χ1n) is 14.8. The standard InChI is InChI=1S/C37H33Cl2NO6/c1-4-46-35(42)36(22-40)31(24-7-5-9-29(19-24)44-2)21-37(43,26-13-17-28(39)18-14-26)33(34(41)23-11-15-27(38)16-12-23)32(36)25-8-6-10-30(20-25)45-3/h5-20,31-33,43H,4,21H2,1-3H3/t31-,32+,33+,36+,37-/m0/s1. The normalized spacial score (nSPS) is 24.0. The second-order valence-electron chi connectivity index (χ2n) is 11.3. The fourth-order valence-electron chi connectivity index (χ4n) is 6.79. The summed E-state index contributed by atoms with van der Waals surface area (Å²) in [4.78, 5) is 29.3. The van der Waals surface area contributed by atoms with E-state index in [1.807, 2.05) is 0 Å². The van der Waals surface area contributed by atoms with Crippen molar-refractivity contribution in [3.05, 3.63) is 129 Å². The van der Waals surface area contributed by atoms with Crippen LogP contribution < -0.4 is 9.47 Å². The molecule has 0 radical (unpaired) electrons. The van der Waals surface area contributed by atoms with Crippen LogP contribution in [0.5, 0.6) is 11.5 Å². The van der Waals surface area contributed by atoms with E-state index >= 15 is 0 Å². The molecule has 46 heavy (non-hydrogen) atoms. The van der Waals surface area contributed by atoms with Gasteiger partial charge in [0.15, 0.2) is 11.2 Å². The monoisotopic (exact) mass is 657 g/mol. The van der Waals surface area contributed by atoms with Gasteiger partial charge in [-0.3, -0.25) is 9.59 Å². The first-order valence-corrected chi connectivity index (χ1v) is 15.5. The molecule has 1 N–H and O–H groups in total. The molecule has 0 amide bonds. The van der Waals surface area contributed by atoms with Gasteiger partial charge < -0.3 is 19.3 Å². The van der Waals surface area contributed by atoms with Gasteiger partial charge in [-0.1, -0.05) is 59.6 Å². The predicted octanol–water partition coefficient (Wildman–Crippen LogP) is 7.74. The summed E-state index contributed by atoms with van der Waals surface area (Å²) in [6.07, 6.45) is -0.182. The number of nitriles is 1. The number of benzene rings is 4. The minimum atomic E-state index is -1.99. The molecule has 0 aromatic heterocycles. The van der Waals surface area contributed by atoms with Crippen LogP contribution in [-0.4, -0.2) is 37.7 Å². The number of carbonyl (C=O) groups excluding carboxylic acids is 2. The molecule has 1 saturated carbocycles. The van der Waals surface area contributed by atoms with Crippen molar-refractivity contribution in [2.24, 2.45) is 11.3 Å². The summed E-state index contributed by atoms with van der Waals surface area (Å²) in [5.41, 5.74) is -2.23. The zero-order valence-corrected chi connectivity index (χ0v) is 27.1. The van der Waals surface area contributed by atoms with Crippen LogP contribution in [0, 0.1) is 22.7 Å². The lowest BCUT2D eigenvalue weighted by Gasteiger charge is -2.54. The second kappa shape index (κ2) is 13.6. The predicted molar refractivity (Wildman–Crippen MR) is 175 cm³/mol. The summed E-state index contributed by atoms with van der Waals surface area (Å²) in [7, 11) is 3.02. The minimum Gasteiger partial charge on any atom is -0.497 e.